The first-order valence-electron chi connectivity index (χ1n) is 8.18. The van der Waals surface area contributed by atoms with Crippen LogP contribution in [0.4, 0.5) is 0 Å². The number of benzene rings is 2. The van der Waals surface area contributed by atoms with E-state index >= 15 is 0 Å². The van der Waals surface area contributed by atoms with E-state index in [1.807, 2.05) is 30.3 Å². The Morgan fingerprint density at radius 3 is 2.25 bits per heavy atom. The molecule has 2 aromatic carbocycles. The molecule has 9 heteroatoms. The average Bonchev–Trinajstić information content (AvgIpc) is 3.18. The summed E-state index contributed by atoms with van der Waals surface area (Å²) >= 11 is 5.73. The Morgan fingerprint density at radius 1 is 1.11 bits per heavy atom. The number of nitrogens with one attached hydrogen (secondary N) is 2. The molecule has 0 amide bonds. The van der Waals surface area contributed by atoms with Crippen LogP contribution in [0.5, 0.6) is 0 Å². The van der Waals surface area contributed by atoms with E-state index in [0.717, 1.165) is 5.56 Å². The molecule has 4 N–H and O–H groups in total. The van der Waals surface area contributed by atoms with Gasteiger partial charge in [0, 0.05) is 30.9 Å². The molecule has 28 heavy (non-hydrogen) atoms. The number of imidazole rings is 1. The van der Waals surface area contributed by atoms with Crippen LogP contribution < -0.4 is 4.72 Å². The largest absolute Gasteiger partial charge is 0.412 e. The maximum Gasteiger partial charge on any atom is 0.240 e. The zero-order chi connectivity index (χ0) is 19.7. The van der Waals surface area contributed by atoms with Crippen molar-refractivity contribution in [3.05, 3.63) is 83.4 Å². The highest BCUT2D eigenvalue weighted by atomic mass is 35.5. The molecule has 0 fully saturated rings. The lowest BCUT2D eigenvalue weighted by atomic mass is 10.2. The van der Waals surface area contributed by atoms with E-state index in [2.05, 4.69) is 14.7 Å². The van der Waals surface area contributed by atoms with E-state index in [1.54, 1.807) is 24.5 Å². The standard InChI is InChI=1S/C14H14ClNO2S.C5H6N2O.H2O/c15-13-6-8-14(9-7-13)19(17,18)16-11-10-12-4-2-1-3-5-12;1-4(8)5-6-2-3-7-5;/h1-9,16H,10-11H2;2-3H,1H3,(H,6,7);1H2. The molecule has 0 bridgehead atoms. The van der Waals surface area contributed by atoms with E-state index < -0.39 is 10.0 Å². The van der Waals surface area contributed by atoms with Crippen LogP contribution in [0, 0.1) is 0 Å². The Balaban J connectivity index is 0.000000367. The zero-order valence-corrected chi connectivity index (χ0v) is 16.8. The fraction of sp³-hybridized carbons (Fsp3) is 0.158. The van der Waals surface area contributed by atoms with Gasteiger partial charge in [-0.2, -0.15) is 0 Å². The van der Waals surface area contributed by atoms with Crippen molar-refractivity contribution in [2.75, 3.05) is 6.54 Å². The highest BCUT2D eigenvalue weighted by Crippen LogP contribution is 2.13. The first kappa shape index (κ1) is 23.5. The van der Waals surface area contributed by atoms with Gasteiger partial charge in [0.1, 0.15) is 0 Å². The van der Waals surface area contributed by atoms with Gasteiger partial charge in [-0.3, -0.25) is 4.79 Å². The summed E-state index contributed by atoms with van der Waals surface area (Å²) in [7, 11) is -3.46. The molecule has 0 atom stereocenters. The van der Waals surface area contributed by atoms with Crippen molar-refractivity contribution in [2.24, 2.45) is 0 Å². The summed E-state index contributed by atoms with van der Waals surface area (Å²) in [5.41, 5.74) is 1.10. The molecule has 150 valence electrons. The number of H-pyrrole nitrogens is 1. The predicted octanol–water partition coefficient (Wildman–Crippen LogP) is 2.65. The van der Waals surface area contributed by atoms with Gasteiger partial charge in [0.15, 0.2) is 11.6 Å². The molecule has 1 aromatic heterocycles. The average molecular weight is 424 g/mol. The minimum atomic E-state index is -3.46. The second-order valence-electron chi connectivity index (χ2n) is 5.58. The molecule has 0 aliphatic rings. The number of halogens is 1. The Hall–Kier alpha value is -2.52. The molecule has 0 saturated carbocycles. The number of hydrogen-bond acceptors (Lipinski definition) is 4. The van der Waals surface area contributed by atoms with Crippen LogP contribution in [-0.2, 0) is 16.4 Å². The first-order chi connectivity index (χ1) is 12.9. The predicted molar refractivity (Wildman–Crippen MR) is 109 cm³/mol. The zero-order valence-electron chi connectivity index (χ0n) is 15.2. The van der Waals surface area contributed by atoms with E-state index in [1.165, 1.54) is 19.1 Å². The second kappa shape index (κ2) is 11.4. The molecule has 0 aliphatic carbocycles. The van der Waals surface area contributed by atoms with Gasteiger partial charge in [-0.05, 0) is 36.2 Å². The third kappa shape index (κ3) is 7.61. The van der Waals surface area contributed by atoms with E-state index in [-0.39, 0.29) is 16.2 Å². The molecular weight excluding hydrogens is 402 g/mol. The Kier molecular flexibility index (Phi) is 9.54. The summed E-state index contributed by atoms with van der Waals surface area (Å²) in [5.74, 6) is 0.389. The molecule has 0 unspecified atom stereocenters. The highest BCUT2D eigenvalue weighted by Gasteiger charge is 2.12. The second-order valence-corrected chi connectivity index (χ2v) is 7.78. The lowest BCUT2D eigenvalue weighted by Gasteiger charge is -2.06. The summed E-state index contributed by atoms with van der Waals surface area (Å²) in [6, 6.07) is 15.8. The van der Waals surface area contributed by atoms with Crippen molar-refractivity contribution in [2.45, 2.75) is 18.2 Å². The molecule has 1 heterocycles. The van der Waals surface area contributed by atoms with Crippen LogP contribution in [0.3, 0.4) is 0 Å². The number of sulfonamides is 1. The number of nitrogens with zero attached hydrogens (tertiary/aromatic N) is 1. The van der Waals surface area contributed by atoms with Gasteiger partial charge >= 0.3 is 0 Å². The van der Waals surface area contributed by atoms with Crippen LogP contribution in [0.15, 0.2) is 71.9 Å². The lowest BCUT2D eigenvalue weighted by Crippen LogP contribution is -2.25. The first-order valence-corrected chi connectivity index (χ1v) is 10.0. The normalized spacial score (nSPS) is 10.4. The monoisotopic (exact) mass is 423 g/mol. The molecule has 3 aromatic rings. The van der Waals surface area contributed by atoms with Crippen molar-refractivity contribution >= 4 is 27.4 Å². The fourth-order valence-electron chi connectivity index (χ4n) is 2.13. The molecule has 0 radical (unpaired) electrons. The quantitative estimate of drug-likeness (QED) is 0.591. The third-order valence-corrected chi connectivity index (χ3v) is 5.23. The number of Topliss-reactive ketones (excluding diaryl/α,β-unsaturated/α-hetero) is 1. The Bertz CT molecular complexity index is 945. The van der Waals surface area contributed by atoms with Crippen molar-refractivity contribution in [1.82, 2.24) is 14.7 Å². The Morgan fingerprint density at radius 2 is 1.75 bits per heavy atom. The minimum absolute atomic E-state index is 0. The van der Waals surface area contributed by atoms with Gasteiger partial charge in [0.2, 0.25) is 10.0 Å². The summed E-state index contributed by atoms with van der Waals surface area (Å²) < 4.78 is 26.5. The van der Waals surface area contributed by atoms with Crippen LogP contribution in [0.25, 0.3) is 0 Å². The summed E-state index contributed by atoms with van der Waals surface area (Å²) in [5, 5.41) is 0.517. The van der Waals surface area contributed by atoms with Gasteiger partial charge < -0.3 is 10.5 Å². The van der Waals surface area contributed by atoms with E-state index in [4.69, 9.17) is 11.6 Å². The maximum absolute atomic E-state index is 12.0. The molecule has 3 rings (SSSR count). The van der Waals surface area contributed by atoms with Crippen LogP contribution in [0.2, 0.25) is 5.02 Å². The molecule has 0 spiro atoms. The van der Waals surface area contributed by atoms with Crippen LogP contribution in [0.1, 0.15) is 23.1 Å². The third-order valence-electron chi connectivity index (χ3n) is 3.50. The van der Waals surface area contributed by atoms with E-state index in [0.29, 0.717) is 23.8 Å². The SMILES string of the molecule is CC(=O)c1ncc[nH]1.O.O=S(=O)(NCCc1ccccc1)c1ccc(Cl)cc1. The summed E-state index contributed by atoms with van der Waals surface area (Å²) in [4.78, 5) is 17.0. The van der Waals surface area contributed by atoms with Crippen molar-refractivity contribution in [3.63, 3.8) is 0 Å². The number of carbonyl (C=O) groups excluding carboxylic acids is 1. The summed E-state index contributed by atoms with van der Waals surface area (Å²) in [6.45, 7) is 1.84. The van der Waals surface area contributed by atoms with E-state index in [9.17, 15) is 13.2 Å². The van der Waals surface area contributed by atoms with Gasteiger partial charge in [-0.15, -0.1) is 0 Å². The van der Waals surface area contributed by atoms with Crippen LogP contribution in [-0.4, -0.2) is 36.2 Å². The molecule has 0 aliphatic heterocycles. The highest BCUT2D eigenvalue weighted by molar-refractivity contribution is 7.89. The van der Waals surface area contributed by atoms with Crippen molar-refractivity contribution in [3.8, 4) is 0 Å². The van der Waals surface area contributed by atoms with Crippen molar-refractivity contribution < 1.29 is 18.7 Å². The summed E-state index contributed by atoms with van der Waals surface area (Å²) in [6.07, 6.45) is 3.83. The minimum Gasteiger partial charge on any atom is -0.412 e. The number of aromatic amines is 1. The Labute approximate surface area is 169 Å². The van der Waals surface area contributed by atoms with Gasteiger partial charge in [0.05, 0.1) is 4.90 Å². The molecule has 0 saturated heterocycles. The number of hydrogen-bond donors (Lipinski definition) is 2. The maximum atomic E-state index is 12.0. The topological polar surface area (TPSA) is 123 Å². The number of aromatic nitrogens is 2. The smallest absolute Gasteiger partial charge is 0.240 e. The number of ketones is 1. The van der Waals surface area contributed by atoms with Gasteiger partial charge in [-0.1, -0.05) is 41.9 Å². The molecular formula is C19H22ClN3O4S. The molecule has 7 nitrogen and oxygen atoms in total. The lowest BCUT2D eigenvalue weighted by molar-refractivity contribution is 0.100. The van der Waals surface area contributed by atoms with Gasteiger partial charge in [0.25, 0.3) is 0 Å². The fourth-order valence-corrected chi connectivity index (χ4v) is 3.29. The van der Waals surface area contributed by atoms with Crippen LogP contribution >= 0.6 is 11.6 Å². The van der Waals surface area contributed by atoms with Crippen molar-refractivity contribution in [1.29, 1.82) is 0 Å². The number of carbonyl (C=O) groups is 1. The van der Waals surface area contributed by atoms with Gasteiger partial charge in [-0.25, -0.2) is 18.1 Å². The number of rotatable bonds is 6.